The summed E-state index contributed by atoms with van der Waals surface area (Å²) in [6, 6.07) is 3.19. The van der Waals surface area contributed by atoms with Crippen molar-refractivity contribution in [3.05, 3.63) is 28.5 Å². The number of hydrogen-bond acceptors (Lipinski definition) is 4. The number of carbonyl (C=O) groups is 1. The lowest BCUT2D eigenvalue weighted by molar-refractivity contribution is -0.152. The summed E-state index contributed by atoms with van der Waals surface area (Å²) in [7, 11) is 1.36. The van der Waals surface area contributed by atoms with Gasteiger partial charge in [-0.25, -0.2) is 4.98 Å². The van der Waals surface area contributed by atoms with Crippen LogP contribution < -0.4 is 5.73 Å². The Morgan fingerprint density at radius 1 is 1.53 bits per heavy atom. The summed E-state index contributed by atoms with van der Waals surface area (Å²) in [4.78, 5) is 15.7. The molecule has 0 aliphatic heterocycles. The van der Waals surface area contributed by atoms with E-state index in [2.05, 4.69) is 20.9 Å². The van der Waals surface area contributed by atoms with Crippen LogP contribution in [0.15, 0.2) is 22.9 Å². The first-order valence-electron chi connectivity index (χ1n) is 4.85. The number of nitrogens with two attached hydrogens (primary N) is 1. The molecule has 0 saturated heterocycles. The van der Waals surface area contributed by atoms with Crippen molar-refractivity contribution in [3.8, 4) is 0 Å². The zero-order chi connectivity index (χ0) is 12.3. The lowest BCUT2D eigenvalue weighted by Gasteiger charge is -2.28. The molecule has 1 aromatic rings. The molecule has 0 bridgehead atoms. The number of carbonyl (C=O) groups excluding carboxylic acids is 1. The molecule has 0 fully saturated rings. The van der Waals surface area contributed by atoms with Crippen molar-refractivity contribution in [1.82, 2.24) is 4.98 Å². The third kappa shape index (κ3) is 3.66. The van der Waals surface area contributed by atoms with Crippen LogP contribution in [-0.4, -0.2) is 18.1 Å². The smallest absolute Gasteiger partial charge is 0.313 e. The number of esters is 1. The van der Waals surface area contributed by atoms with E-state index in [0.29, 0.717) is 0 Å². The number of ether oxygens (including phenoxy) is 1. The van der Waals surface area contributed by atoms with Crippen LogP contribution in [0.4, 0.5) is 0 Å². The molecule has 0 spiro atoms. The maximum Gasteiger partial charge on any atom is 0.313 e. The number of halogens is 2. The zero-order valence-electron chi connectivity index (χ0n) is 9.94. The fourth-order valence-corrected chi connectivity index (χ4v) is 1.61. The Balaban J connectivity index is 0.00000256. The first-order chi connectivity index (χ1) is 7.39. The summed E-state index contributed by atoms with van der Waals surface area (Å²) in [5.74, 6) is -0.331. The van der Waals surface area contributed by atoms with Crippen LogP contribution in [0.3, 0.4) is 0 Å². The van der Waals surface area contributed by atoms with Gasteiger partial charge >= 0.3 is 5.97 Å². The Kier molecular flexibility index (Phi) is 6.09. The van der Waals surface area contributed by atoms with Crippen molar-refractivity contribution in [2.24, 2.45) is 11.1 Å². The Hall–Kier alpha value is -0.650. The molecule has 6 heteroatoms. The monoisotopic (exact) mass is 322 g/mol. The quantitative estimate of drug-likeness (QED) is 0.685. The van der Waals surface area contributed by atoms with Crippen molar-refractivity contribution in [1.29, 1.82) is 0 Å². The van der Waals surface area contributed by atoms with E-state index in [1.54, 1.807) is 26.1 Å². The minimum atomic E-state index is -0.774. The predicted molar refractivity (Wildman–Crippen MR) is 71.9 cm³/mol. The minimum Gasteiger partial charge on any atom is -0.469 e. The van der Waals surface area contributed by atoms with Gasteiger partial charge < -0.3 is 10.5 Å². The number of methoxy groups -OCH3 is 1. The molecule has 0 unspecified atom stereocenters. The van der Waals surface area contributed by atoms with Crippen molar-refractivity contribution < 1.29 is 9.53 Å². The van der Waals surface area contributed by atoms with E-state index in [-0.39, 0.29) is 18.4 Å². The van der Waals surface area contributed by atoms with Crippen molar-refractivity contribution >= 4 is 34.3 Å². The molecular formula is C11H16BrClN2O2. The predicted octanol–water partition coefficient (Wildman–Crippen LogP) is 2.46. The summed E-state index contributed by atoms with van der Waals surface area (Å²) in [6.45, 7) is 3.51. The van der Waals surface area contributed by atoms with Crippen LogP contribution in [-0.2, 0) is 9.53 Å². The SMILES string of the molecule is COC(=O)C(C)(C)[C@@H](N)c1ccc(Br)nc1.Cl. The Labute approximate surface area is 115 Å². The van der Waals surface area contributed by atoms with E-state index < -0.39 is 11.5 Å². The molecular weight excluding hydrogens is 307 g/mol. The minimum absolute atomic E-state index is 0. The fraction of sp³-hybridized carbons (Fsp3) is 0.455. The maximum atomic E-state index is 11.6. The fourth-order valence-electron chi connectivity index (χ4n) is 1.38. The Bertz CT molecular complexity index is 382. The average Bonchev–Trinajstić information content (AvgIpc) is 2.28. The molecule has 0 saturated carbocycles. The topological polar surface area (TPSA) is 65.2 Å². The largest absolute Gasteiger partial charge is 0.469 e. The molecule has 0 radical (unpaired) electrons. The van der Waals surface area contributed by atoms with Gasteiger partial charge in [-0.05, 0) is 41.4 Å². The van der Waals surface area contributed by atoms with Crippen molar-refractivity contribution in [2.45, 2.75) is 19.9 Å². The molecule has 2 N–H and O–H groups in total. The molecule has 0 amide bonds. The van der Waals surface area contributed by atoms with E-state index in [4.69, 9.17) is 10.5 Å². The summed E-state index contributed by atoms with van der Waals surface area (Å²) < 4.78 is 5.47. The summed E-state index contributed by atoms with van der Waals surface area (Å²) in [6.07, 6.45) is 1.65. The van der Waals surface area contributed by atoms with Gasteiger partial charge in [-0.2, -0.15) is 0 Å². The molecule has 0 aliphatic rings. The maximum absolute atomic E-state index is 11.6. The molecule has 1 heterocycles. The number of nitrogens with zero attached hydrogens (tertiary/aromatic N) is 1. The summed E-state index contributed by atoms with van der Waals surface area (Å²) in [5, 5.41) is 0. The highest BCUT2D eigenvalue weighted by Gasteiger charge is 2.36. The highest BCUT2D eigenvalue weighted by molar-refractivity contribution is 9.10. The summed E-state index contributed by atoms with van der Waals surface area (Å²) >= 11 is 3.24. The van der Waals surface area contributed by atoms with Gasteiger partial charge in [0.1, 0.15) is 4.60 Å². The number of aromatic nitrogens is 1. The van der Waals surface area contributed by atoms with Gasteiger partial charge in [0.05, 0.1) is 12.5 Å². The van der Waals surface area contributed by atoms with Gasteiger partial charge in [0, 0.05) is 12.2 Å². The van der Waals surface area contributed by atoms with Crippen molar-refractivity contribution in [3.63, 3.8) is 0 Å². The van der Waals surface area contributed by atoms with Gasteiger partial charge in [0.2, 0.25) is 0 Å². The van der Waals surface area contributed by atoms with Gasteiger partial charge in [0.15, 0.2) is 0 Å². The third-order valence-electron chi connectivity index (χ3n) is 2.60. The third-order valence-corrected chi connectivity index (χ3v) is 3.07. The molecule has 0 aliphatic carbocycles. The number of rotatable bonds is 3. The van der Waals surface area contributed by atoms with E-state index in [1.807, 2.05) is 6.07 Å². The average molecular weight is 324 g/mol. The van der Waals surface area contributed by atoms with Gasteiger partial charge in [-0.1, -0.05) is 6.07 Å². The molecule has 1 atom stereocenters. The lowest BCUT2D eigenvalue weighted by Crippen LogP contribution is -2.37. The molecule has 0 aromatic carbocycles. The van der Waals surface area contributed by atoms with Crippen LogP contribution in [0.2, 0.25) is 0 Å². The first kappa shape index (κ1) is 16.4. The highest BCUT2D eigenvalue weighted by atomic mass is 79.9. The van der Waals surface area contributed by atoms with E-state index in [1.165, 1.54) is 7.11 Å². The Morgan fingerprint density at radius 2 is 2.12 bits per heavy atom. The molecule has 1 aromatic heterocycles. The first-order valence-corrected chi connectivity index (χ1v) is 5.64. The standard InChI is InChI=1S/C11H15BrN2O2.ClH/c1-11(2,10(15)16-3)9(13)7-4-5-8(12)14-6-7;/h4-6,9H,13H2,1-3H3;1H/t9-;/m0./s1. The van der Waals surface area contributed by atoms with Gasteiger partial charge in [0.25, 0.3) is 0 Å². The zero-order valence-corrected chi connectivity index (χ0v) is 12.3. The van der Waals surface area contributed by atoms with Crippen LogP contribution in [0, 0.1) is 5.41 Å². The van der Waals surface area contributed by atoms with Crippen LogP contribution >= 0.6 is 28.3 Å². The van der Waals surface area contributed by atoms with E-state index in [9.17, 15) is 4.79 Å². The molecule has 4 nitrogen and oxygen atoms in total. The van der Waals surface area contributed by atoms with Crippen LogP contribution in [0.25, 0.3) is 0 Å². The number of hydrogen-bond donors (Lipinski definition) is 1. The van der Waals surface area contributed by atoms with Crippen molar-refractivity contribution in [2.75, 3.05) is 7.11 Å². The summed E-state index contributed by atoms with van der Waals surface area (Å²) in [5.41, 5.74) is 6.07. The second-order valence-electron chi connectivity index (χ2n) is 4.11. The van der Waals surface area contributed by atoms with Crippen LogP contribution in [0.5, 0.6) is 0 Å². The molecule has 96 valence electrons. The van der Waals surface area contributed by atoms with Crippen LogP contribution in [0.1, 0.15) is 25.5 Å². The lowest BCUT2D eigenvalue weighted by atomic mass is 9.81. The molecule has 17 heavy (non-hydrogen) atoms. The van der Waals surface area contributed by atoms with E-state index >= 15 is 0 Å². The molecule has 1 rings (SSSR count). The van der Waals surface area contributed by atoms with Gasteiger partial charge in [-0.15, -0.1) is 12.4 Å². The highest BCUT2D eigenvalue weighted by Crippen LogP contribution is 2.32. The second kappa shape index (κ2) is 6.33. The number of pyridine rings is 1. The van der Waals surface area contributed by atoms with E-state index in [0.717, 1.165) is 10.2 Å². The Morgan fingerprint density at radius 3 is 2.53 bits per heavy atom. The van der Waals surface area contributed by atoms with Gasteiger partial charge in [-0.3, -0.25) is 4.79 Å². The normalized spacial score (nSPS) is 12.5. The second-order valence-corrected chi connectivity index (χ2v) is 4.92.